The molecular weight excluding hydrogens is 216 g/mol. The Morgan fingerprint density at radius 2 is 2.29 bits per heavy atom. The lowest BCUT2D eigenvalue weighted by atomic mass is 9.99. The maximum atomic E-state index is 12.2. The zero-order valence-electron chi connectivity index (χ0n) is 11.2. The first-order valence-corrected chi connectivity index (χ1v) is 6.60. The highest BCUT2D eigenvalue weighted by Crippen LogP contribution is 2.49. The number of carbonyl (C=O) groups is 1. The molecule has 0 aromatic carbocycles. The van der Waals surface area contributed by atoms with Crippen molar-refractivity contribution in [3.8, 4) is 0 Å². The molecule has 1 N–H and O–H groups in total. The number of morpholine rings is 1. The highest BCUT2D eigenvalue weighted by atomic mass is 16.5. The fourth-order valence-corrected chi connectivity index (χ4v) is 2.40. The average Bonchev–Trinajstić information content (AvgIpc) is 3.08. The van der Waals surface area contributed by atoms with Crippen molar-refractivity contribution in [3.05, 3.63) is 0 Å². The van der Waals surface area contributed by atoms with E-state index in [0.29, 0.717) is 24.5 Å². The van der Waals surface area contributed by atoms with Crippen LogP contribution >= 0.6 is 0 Å². The van der Waals surface area contributed by atoms with Gasteiger partial charge >= 0.3 is 0 Å². The molecular formula is C13H24N2O2. The molecule has 4 heteroatoms. The monoisotopic (exact) mass is 240 g/mol. The molecule has 2 unspecified atom stereocenters. The van der Waals surface area contributed by atoms with Crippen LogP contribution in [-0.2, 0) is 9.53 Å². The fourth-order valence-electron chi connectivity index (χ4n) is 2.40. The average molecular weight is 240 g/mol. The molecule has 98 valence electrons. The van der Waals surface area contributed by atoms with Gasteiger partial charge in [0.2, 0.25) is 5.91 Å². The van der Waals surface area contributed by atoms with Gasteiger partial charge in [0, 0.05) is 32.1 Å². The van der Waals surface area contributed by atoms with Crippen molar-refractivity contribution in [2.45, 2.75) is 45.2 Å². The summed E-state index contributed by atoms with van der Waals surface area (Å²) in [6.07, 6.45) is 3.05. The quantitative estimate of drug-likeness (QED) is 0.797. The maximum absolute atomic E-state index is 12.2. The van der Waals surface area contributed by atoms with Gasteiger partial charge in [-0.3, -0.25) is 4.79 Å². The van der Waals surface area contributed by atoms with Crippen LogP contribution in [0, 0.1) is 5.41 Å². The summed E-state index contributed by atoms with van der Waals surface area (Å²) in [7, 11) is 1.93. The lowest BCUT2D eigenvalue weighted by Gasteiger charge is -2.32. The van der Waals surface area contributed by atoms with Crippen LogP contribution < -0.4 is 5.32 Å². The van der Waals surface area contributed by atoms with Gasteiger partial charge in [-0.1, -0.05) is 6.92 Å². The van der Waals surface area contributed by atoms with E-state index in [4.69, 9.17) is 4.74 Å². The number of rotatable bonds is 4. The lowest BCUT2D eigenvalue weighted by Crippen LogP contribution is -2.47. The van der Waals surface area contributed by atoms with E-state index >= 15 is 0 Å². The van der Waals surface area contributed by atoms with Gasteiger partial charge in [0.1, 0.15) is 0 Å². The number of carbonyl (C=O) groups excluding carboxylic acids is 1. The lowest BCUT2D eigenvalue weighted by molar-refractivity contribution is -0.134. The third-order valence-electron chi connectivity index (χ3n) is 4.44. The number of nitrogens with one attached hydrogen (secondary N) is 1. The highest BCUT2D eigenvalue weighted by Gasteiger charge is 2.45. The van der Waals surface area contributed by atoms with E-state index in [1.165, 1.54) is 12.8 Å². The van der Waals surface area contributed by atoms with Crippen LogP contribution in [-0.4, -0.2) is 49.7 Å². The highest BCUT2D eigenvalue weighted by molar-refractivity contribution is 5.77. The Morgan fingerprint density at radius 1 is 1.59 bits per heavy atom. The second-order valence-electron chi connectivity index (χ2n) is 5.76. The third kappa shape index (κ3) is 2.99. The Morgan fingerprint density at radius 3 is 2.82 bits per heavy atom. The molecule has 0 spiro atoms. The molecule has 1 saturated heterocycles. The zero-order chi connectivity index (χ0) is 12.5. The van der Waals surface area contributed by atoms with Crippen LogP contribution in [0.25, 0.3) is 0 Å². The number of nitrogens with zero attached hydrogens (tertiary/aromatic N) is 1. The van der Waals surface area contributed by atoms with Crippen LogP contribution in [0.3, 0.4) is 0 Å². The van der Waals surface area contributed by atoms with Gasteiger partial charge in [-0.05, 0) is 25.2 Å². The first kappa shape index (κ1) is 12.8. The van der Waals surface area contributed by atoms with Crippen molar-refractivity contribution in [1.82, 2.24) is 10.2 Å². The molecule has 2 aliphatic rings. The minimum Gasteiger partial charge on any atom is -0.378 e. The van der Waals surface area contributed by atoms with Gasteiger partial charge in [-0.2, -0.15) is 0 Å². The minimum atomic E-state index is 0.193. The summed E-state index contributed by atoms with van der Waals surface area (Å²) in [4.78, 5) is 14.1. The Balaban J connectivity index is 1.82. The normalized spacial score (nSPS) is 28.5. The van der Waals surface area contributed by atoms with Crippen molar-refractivity contribution in [2.75, 3.05) is 26.8 Å². The summed E-state index contributed by atoms with van der Waals surface area (Å²) in [5.41, 5.74) is 0.362. The van der Waals surface area contributed by atoms with Crippen molar-refractivity contribution in [1.29, 1.82) is 0 Å². The minimum absolute atomic E-state index is 0.193. The second-order valence-corrected chi connectivity index (χ2v) is 5.76. The van der Waals surface area contributed by atoms with E-state index < -0.39 is 0 Å². The van der Waals surface area contributed by atoms with Gasteiger partial charge in [0.05, 0.1) is 13.2 Å². The summed E-state index contributed by atoms with van der Waals surface area (Å²) in [6, 6.07) is 0.539. The second kappa shape index (κ2) is 4.94. The van der Waals surface area contributed by atoms with Crippen LogP contribution in [0.1, 0.15) is 33.1 Å². The first-order valence-electron chi connectivity index (χ1n) is 6.60. The van der Waals surface area contributed by atoms with Gasteiger partial charge in [-0.25, -0.2) is 0 Å². The number of hydrogen-bond donors (Lipinski definition) is 1. The molecule has 2 atom stereocenters. The summed E-state index contributed by atoms with van der Waals surface area (Å²) in [5.74, 6) is 0.230. The van der Waals surface area contributed by atoms with E-state index in [9.17, 15) is 4.79 Å². The Hall–Kier alpha value is -0.610. The van der Waals surface area contributed by atoms with Gasteiger partial charge < -0.3 is 15.0 Å². The van der Waals surface area contributed by atoms with Crippen molar-refractivity contribution in [2.24, 2.45) is 5.41 Å². The van der Waals surface area contributed by atoms with E-state index in [-0.39, 0.29) is 11.9 Å². The molecule has 2 fully saturated rings. The maximum Gasteiger partial charge on any atom is 0.224 e. The molecule has 1 amide bonds. The topological polar surface area (TPSA) is 41.6 Å². The molecule has 0 aromatic rings. The van der Waals surface area contributed by atoms with Crippen LogP contribution in [0.15, 0.2) is 0 Å². The first-order chi connectivity index (χ1) is 8.03. The molecule has 1 saturated carbocycles. The summed E-state index contributed by atoms with van der Waals surface area (Å²) in [6.45, 7) is 6.70. The number of ether oxygens (including phenoxy) is 1. The van der Waals surface area contributed by atoms with E-state index in [0.717, 1.165) is 13.2 Å². The van der Waals surface area contributed by atoms with Gasteiger partial charge in [-0.15, -0.1) is 0 Å². The predicted octanol–water partition coefficient (Wildman–Crippen LogP) is 1.01. The molecule has 0 bridgehead atoms. The number of hydrogen-bond acceptors (Lipinski definition) is 3. The van der Waals surface area contributed by atoms with Crippen molar-refractivity contribution in [3.63, 3.8) is 0 Å². The molecule has 4 nitrogen and oxygen atoms in total. The molecule has 2 rings (SSSR count). The van der Waals surface area contributed by atoms with Crippen LogP contribution in [0.2, 0.25) is 0 Å². The largest absolute Gasteiger partial charge is 0.378 e. The fraction of sp³-hybridized carbons (Fsp3) is 0.923. The van der Waals surface area contributed by atoms with Crippen LogP contribution in [0.5, 0.6) is 0 Å². The third-order valence-corrected chi connectivity index (χ3v) is 4.44. The summed E-state index contributed by atoms with van der Waals surface area (Å²) < 4.78 is 5.37. The molecule has 1 aliphatic heterocycles. The van der Waals surface area contributed by atoms with Gasteiger partial charge in [0.25, 0.3) is 0 Å². The van der Waals surface area contributed by atoms with Gasteiger partial charge in [0.15, 0.2) is 0 Å². The summed E-state index contributed by atoms with van der Waals surface area (Å²) in [5, 5.41) is 3.33. The van der Waals surface area contributed by atoms with E-state index in [2.05, 4.69) is 19.2 Å². The Kier molecular flexibility index (Phi) is 3.73. The number of amides is 1. The molecule has 1 aliphatic carbocycles. The van der Waals surface area contributed by atoms with Crippen molar-refractivity contribution < 1.29 is 9.53 Å². The molecule has 0 aromatic heterocycles. The van der Waals surface area contributed by atoms with E-state index in [1.807, 2.05) is 11.9 Å². The molecule has 1 heterocycles. The predicted molar refractivity (Wildman–Crippen MR) is 66.8 cm³/mol. The van der Waals surface area contributed by atoms with E-state index in [1.54, 1.807) is 0 Å². The van der Waals surface area contributed by atoms with Crippen molar-refractivity contribution >= 4 is 5.91 Å². The Labute approximate surface area is 104 Å². The zero-order valence-corrected chi connectivity index (χ0v) is 11.2. The molecule has 17 heavy (non-hydrogen) atoms. The standard InChI is InChI=1S/C13H24N2O2/c1-10(13(2)4-5-13)15(3)12(16)8-11-9-17-7-6-14-11/h10-11,14H,4-9H2,1-3H3. The molecule has 0 radical (unpaired) electrons. The smallest absolute Gasteiger partial charge is 0.224 e. The van der Waals surface area contributed by atoms with Crippen LogP contribution in [0.4, 0.5) is 0 Å². The SMILES string of the molecule is CC(N(C)C(=O)CC1COCCN1)C1(C)CC1. The summed E-state index contributed by atoms with van der Waals surface area (Å²) >= 11 is 0. The Bertz CT molecular complexity index is 283.